The molecule has 2 N–H and O–H groups in total. The highest BCUT2D eigenvalue weighted by atomic mass is 19.1. The third-order valence-corrected chi connectivity index (χ3v) is 3.26. The number of hydrogen-bond donors (Lipinski definition) is 2. The summed E-state index contributed by atoms with van der Waals surface area (Å²) in [6, 6.07) is 6.37. The minimum Gasteiger partial charge on any atom is -0.387 e. The molecule has 2 atom stereocenters. The van der Waals surface area contributed by atoms with Crippen LogP contribution in [0.2, 0.25) is 0 Å². The van der Waals surface area contributed by atoms with E-state index in [-0.39, 0.29) is 17.4 Å². The van der Waals surface area contributed by atoms with E-state index in [1.165, 1.54) is 6.07 Å². The minimum absolute atomic E-state index is 0.0386. The number of aliphatic hydroxyl groups excluding tert-OH is 1. The van der Waals surface area contributed by atoms with Crippen molar-refractivity contribution < 1.29 is 9.50 Å². The molecule has 0 amide bonds. The van der Waals surface area contributed by atoms with Crippen LogP contribution in [0.15, 0.2) is 24.3 Å². The van der Waals surface area contributed by atoms with Gasteiger partial charge in [-0.3, -0.25) is 0 Å². The number of hydrogen-bond acceptors (Lipinski definition) is 2. The molecule has 0 aliphatic carbocycles. The molecule has 1 saturated heterocycles. The van der Waals surface area contributed by atoms with Crippen molar-refractivity contribution in [2.24, 2.45) is 0 Å². The Morgan fingerprint density at radius 1 is 1.44 bits per heavy atom. The van der Waals surface area contributed by atoms with Crippen LogP contribution in [-0.4, -0.2) is 16.7 Å². The van der Waals surface area contributed by atoms with Gasteiger partial charge in [-0.1, -0.05) is 18.2 Å². The smallest absolute Gasteiger partial charge is 0.129 e. The van der Waals surface area contributed by atoms with Crippen molar-refractivity contribution >= 4 is 0 Å². The van der Waals surface area contributed by atoms with Gasteiger partial charge in [0.05, 0.1) is 6.10 Å². The molecule has 2 rings (SSSR count). The van der Waals surface area contributed by atoms with E-state index >= 15 is 0 Å². The highest BCUT2D eigenvalue weighted by Gasteiger charge is 2.35. The van der Waals surface area contributed by atoms with Crippen LogP contribution in [0.5, 0.6) is 0 Å². The number of rotatable bonds is 2. The van der Waals surface area contributed by atoms with E-state index in [2.05, 4.69) is 19.2 Å². The predicted molar refractivity (Wildman–Crippen MR) is 61.6 cm³/mol. The summed E-state index contributed by atoms with van der Waals surface area (Å²) in [6.45, 7) is 4.20. The van der Waals surface area contributed by atoms with Crippen LogP contribution in [-0.2, 0) is 0 Å². The van der Waals surface area contributed by atoms with Crippen LogP contribution in [0.3, 0.4) is 0 Å². The highest BCUT2D eigenvalue weighted by molar-refractivity contribution is 5.22. The topological polar surface area (TPSA) is 32.3 Å². The van der Waals surface area contributed by atoms with Crippen LogP contribution >= 0.6 is 0 Å². The highest BCUT2D eigenvalue weighted by Crippen LogP contribution is 2.31. The van der Waals surface area contributed by atoms with E-state index in [1.807, 2.05) is 0 Å². The molecule has 16 heavy (non-hydrogen) atoms. The largest absolute Gasteiger partial charge is 0.387 e. The maximum Gasteiger partial charge on any atom is 0.129 e. The summed E-state index contributed by atoms with van der Waals surface area (Å²) in [5.41, 5.74) is 0.425. The molecule has 0 unspecified atom stereocenters. The van der Waals surface area contributed by atoms with E-state index in [4.69, 9.17) is 0 Å². The van der Waals surface area contributed by atoms with Crippen molar-refractivity contribution in [3.8, 4) is 0 Å². The van der Waals surface area contributed by atoms with Crippen molar-refractivity contribution in [3.63, 3.8) is 0 Å². The lowest BCUT2D eigenvalue weighted by Crippen LogP contribution is -2.40. The van der Waals surface area contributed by atoms with Gasteiger partial charge in [0.2, 0.25) is 0 Å². The zero-order chi connectivity index (χ0) is 11.8. The first kappa shape index (κ1) is 11.6. The summed E-state index contributed by atoms with van der Waals surface area (Å²) in [4.78, 5) is 0. The Morgan fingerprint density at radius 2 is 2.12 bits per heavy atom. The summed E-state index contributed by atoms with van der Waals surface area (Å²) in [5, 5.41) is 13.5. The van der Waals surface area contributed by atoms with E-state index < -0.39 is 6.10 Å². The maximum atomic E-state index is 13.5. The molecule has 1 heterocycles. The Bertz CT molecular complexity index is 378. The van der Waals surface area contributed by atoms with Gasteiger partial charge in [0.1, 0.15) is 5.82 Å². The lowest BCUT2D eigenvalue weighted by atomic mass is 10.00. The molecule has 1 aliphatic heterocycles. The summed E-state index contributed by atoms with van der Waals surface area (Å²) in [6.07, 6.45) is 1.12. The van der Waals surface area contributed by atoms with Gasteiger partial charge < -0.3 is 10.4 Å². The molecular weight excluding hydrogens is 205 g/mol. The van der Waals surface area contributed by atoms with Gasteiger partial charge >= 0.3 is 0 Å². The first-order valence-electron chi connectivity index (χ1n) is 5.70. The minimum atomic E-state index is -0.761. The molecule has 0 spiro atoms. The lowest BCUT2D eigenvalue weighted by Gasteiger charge is -2.24. The Labute approximate surface area is 95.5 Å². The molecule has 2 nitrogen and oxygen atoms in total. The average molecular weight is 223 g/mol. The summed E-state index contributed by atoms with van der Waals surface area (Å²) in [7, 11) is 0. The second kappa shape index (κ2) is 4.15. The molecule has 1 aromatic rings. The molecule has 0 saturated carbocycles. The molecule has 0 bridgehead atoms. The van der Waals surface area contributed by atoms with Gasteiger partial charge in [-0.2, -0.15) is 0 Å². The first-order valence-corrected chi connectivity index (χ1v) is 5.70. The second-order valence-corrected chi connectivity index (χ2v) is 5.14. The van der Waals surface area contributed by atoms with Crippen LogP contribution < -0.4 is 5.32 Å². The van der Waals surface area contributed by atoms with Crippen LogP contribution in [0.25, 0.3) is 0 Å². The molecule has 1 fully saturated rings. The first-order chi connectivity index (χ1) is 7.49. The van der Waals surface area contributed by atoms with Crippen molar-refractivity contribution in [1.29, 1.82) is 0 Å². The molecule has 1 aliphatic rings. The fourth-order valence-corrected chi connectivity index (χ4v) is 2.33. The molecule has 3 heteroatoms. The van der Waals surface area contributed by atoms with E-state index in [9.17, 15) is 9.50 Å². The maximum absolute atomic E-state index is 13.5. The quantitative estimate of drug-likeness (QED) is 0.807. The van der Waals surface area contributed by atoms with Gasteiger partial charge in [-0.25, -0.2) is 4.39 Å². The van der Waals surface area contributed by atoms with Gasteiger partial charge in [-0.05, 0) is 32.8 Å². The van der Waals surface area contributed by atoms with Crippen molar-refractivity contribution in [1.82, 2.24) is 5.32 Å². The molecule has 1 aromatic carbocycles. The van der Waals surface area contributed by atoms with Crippen molar-refractivity contribution in [2.75, 3.05) is 0 Å². The fourth-order valence-electron chi connectivity index (χ4n) is 2.33. The van der Waals surface area contributed by atoms with Gasteiger partial charge in [-0.15, -0.1) is 0 Å². The summed E-state index contributed by atoms with van der Waals surface area (Å²) in [5.74, 6) is -0.332. The molecule has 88 valence electrons. The van der Waals surface area contributed by atoms with E-state index in [0.717, 1.165) is 12.8 Å². The number of benzene rings is 1. The van der Waals surface area contributed by atoms with Gasteiger partial charge in [0.15, 0.2) is 0 Å². The Kier molecular flexibility index (Phi) is 3.00. The van der Waals surface area contributed by atoms with Gasteiger partial charge in [0, 0.05) is 17.1 Å². The molecule has 0 aromatic heterocycles. The normalized spacial score (nSPS) is 25.6. The predicted octanol–water partition coefficient (Wildman–Crippen LogP) is 2.39. The molecule has 0 radical (unpaired) electrons. The molecular formula is C13H18FNO. The monoisotopic (exact) mass is 223 g/mol. The van der Waals surface area contributed by atoms with Gasteiger partial charge in [0.25, 0.3) is 0 Å². The van der Waals surface area contributed by atoms with Crippen molar-refractivity contribution in [2.45, 2.75) is 44.4 Å². The van der Waals surface area contributed by atoms with Crippen LogP contribution in [0, 0.1) is 5.82 Å². The van der Waals surface area contributed by atoms with Crippen LogP contribution in [0.1, 0.15) is 38.4 Å². The lowest BCUT2D eigenvalue weighted by molar-refractivity contribution is 0.127. The third kappa shape index (κ3) is 2.25. The SMILES string of the molecule is CC1(C)CC[C@H]([C@@H](O)c2ccccc2F)N1. The standard InChI is InChI=1S/C13H18FNO/c1-13(2)8-7-11(15-13)12(16)9-5-3-4-6-10(9)14/h3-6,11-12,15-16H,7-8H2,1-2H3/t11-,12+/m1/s1. The zero-order valence-electron chi connectivity index (χ0n) is 9.70. The van der Waals surface area contributed by atoms with Crippen molar-refractivity contribution in [3.05, 3.63) is 35.6 Å². The number of aliphatic hydroxyl groups is 1. The Hall–Kier alpha value is -0.930. The Balaban J connectivity index is 2.15. The van der Waals surface area contributed by atoms with Crippen LogP contribution in [0.4, 0.5) is 4.39 Å². The van der Waals surface area contributed by atoms with E-state index in [0.29, 0.717) is 5.56 Å². The number of nitrogens with one attached hydrogen (secondary N) is 1. The summed E-state index contributed by atoms with van der Waals surface area (Å²) >= 11 is 0. The Morgan fingerprint density at radius 3 is 2.69 bits per heavy atom. The zero-order valence-corrected chi connectivity index (χ0v) is 9.70. The average Bonchev–Trinajstić information content (AvgIpc) is 2.59. The number of halogens is 1. The third-order valence-electron chi connectivity index (χ3n) is 3.26. The summed E-state index contributed by atoms with van der Waals surface area (Å²) < 4.78 is 13.5. The van der Waals surface area contributed by atoms with E-state index in [1.54, 1.807) is 18.2 Å². The fraction of sp³-hybridized carbons (Fsp3) is 0.538. The second-order valence-electron chi connectivity index (χ2n) is 5.14.